The molecule has 4 heteroatoms. The lowest BCUT2D eigenvalue weighted by molar-refractivity contribution is 0.346. The molecule has 0 radical (unpaired) electrons. The Hall–Kier alpha value is -0.870. The van der Waals surface area contributed by atoms with Gasteiger partial charge < -0.3 is 14.8 Å². The fourth-order valence-electron chi connectivity index (χ4n) is 2.88. The summed E-state index contributed by atoms with van der Waals surface area (Å²) in [6.45, 7) is 6.65. The molecule has 0 saturated carbocycles. The highest BCUT2D eigenvalue weighted by Crippen LogP contribution is 2.38. The highest BCUT2D eigenvalue weighted by atomic mass is 32.2. The maximum atomic E-state index is 5.64. The highest BCUT2D eigenvalue weighted by Gasteiger charge is 2.20. The Kier molecular flexibility index (Phi) is 6.24. The van der Waals surface area contributed by atoms with Gasteiger partial charge in [-0.3, -0.25) is 0 Å². The molecule has 1 aromatic carbocycles. The largest absolute Gasteiger partial charge is 0.496 e. The number of methoxy groups -OCH3 is 2. The summed E-state index contributed by atoms with van der Waals surface area (Å²) in [7, 11) is 3.51. The van der Waals surface area contributed by atoms with Crippen LogP contribution in [0.15, 0.2) is 17.0 Å². The summed E-state index contributed by atoms with van der Waals surface area (Å²) in [5, 5.41) is 3.97. The van der Waals surface area contributed by atoms with Crippen LogP contribution in [0.25, 0.3) is 0 Å². The summed E-state index contributed by atoms with van der Waals surface area (Å²) < 4.78 is 11.3. The molecular formula is C17H27NO2S. The van der Waals surface area contributed by atoms with E-state index in [1.54, 1.807) is 14.2 Å². The molecule has 0 aliphatic carbocycles. The second-order valence-corrected chi connectivity index (χ2v) is 7.52. The summed E-state index contributed by atoms with van der Waals surface area (Å²) in [5.41, 5.74) is 1.22. The summed E-state index contributed by atoms with van der Waals surface area (Å²) >= 11 is 1.84. The molecule has 1 aliphatic rings. The Balaban J connectivity index is 2.24. The van der Waals surface area contributed by atoms with Crippen LogP contribution in [0.3, 0.4) is 0 Å². The normalized spacial score (nSPS) is 16.2. The van der Waals surface area contributed by atoms with Crippen LogP contribution in [0.4, 0.5) is 0 Å². The number of piperidine rings is 1. The lowest BCUT2D eigenvalue weighted by Crippen LogP contribution is -2.28. The molecule has 0 amide bonds. The third-order valence-corrected chi connectivity index (χ3v) is 4.88. The monoisotopic (exact) mass is 309 g/mol. The molecule has 1 N–H and O–H groups in total. The van der Waals surface area contributed by atoms with E-state index in [1.165, 1.54) is 23.3 Å². The van der Waals surface area contributed by atoms with E-state index in [9.17, 15) is 0 Å². The lowest BCUT2D eigenvalue weighted by atomic mass is 9.90. The number of benzene rings is 1. The Morgan fingerprint density at radius 2 is 1.71 bits per heavy atom. The van der Waals surface area contributed by atoms with Crippen molar-refractivity contribution in [3.8, 4) is 11.5 Å². The zero-order valence-corrected chi connectivity index (χ0v) is 14.4. The van der Waals surface area contributed by atoms with E-state index in [0.29, 0.717) is 5.25 Å². The van der Waals surface area contributed by atoms with Gasteiger partial charge in [0.25, 0.3) is 0 Å². The smallest absolute Gasteiger partial charge is 0.126 e. The second-order valence-electron chi connectivity index (χ2n) is 5.87. The Labute approximate surface area is 132 Å². The summed E-state index contributed by atoms with van der Waals surface area (Å²) in [6, 6.07) is 4.31. The maximum absolute atomic E-state index is 5.64. The molecule has 0 unspecified atom stereocenters. The van der Waals surface area contributed by atoms with Crippen LogP contribution in [-0.4, -0.2) is 32.6 Å². The van der Waals surface area contributed by atoms with Gasteiger partial charge in [-0.25, -0.2) is 0 Å². The first-order chi connectivity index (χ1) is 10.1. The van der Waals surface area contributed by atoms with Crippen molar-refractivity contribution in [1.29, 1.82) is 0 Å². The zero-order valence-electron chi connectivity index (χ0n) is 13.6. The standard InChI is InChI=1S/C17H27NO2S/c1-12(2)21-14-10-16(19-3)15(17(11-14)20-4)9-13-5-7-18-8-6-13/h10-13,18H,5-9H2,1-4H3. The predicted molar refractivity (Wildman–Crippen MR) is 89.8 cm³/mol. The molecule has 118 valence electrons. The summed E-state index contributed by atoms with van der Waals surface area (Å²) in [4.78, 5) is 1.22. The SMILES string of the molecule is COc1cc(SC(C)C)cc(OC)c1CC1CCNCC1. The van der Waals surface area contributed by atoms with E-state index in [1.807, 2.05) is 11.8 Å². The van der Waals surface area contributed by atoms with Crippen molar-refractivity contribution < 1.29 is 9.47 Å². The number of nitrogens with one attached hydrogen (secondary N) is 1. The average molecular weight is 309 g/mol. The van der Waals surface area contributed by atoms with Gasteiger partial charge in [-0.1, -0.05) is 13.8 Å². The molecule has 3 nitrogen and oxygen atoms in total. The van der Waals surface area contributed by atoms with Gasteiger partial charge in [-0.15, -0.1) is 11.8 Å². The molecule has 1 aromatic rings. The van der Waals surface area contributed by atoms with Crippen molar-refractivity contribution in [2.45, 2.75) is 43.3 Å². The van der Waals surface area contributed by atoms with Gasteiger partial charge >= 0.3 is 0 Å². The second kappa shape index (κ2) is 7.95. The van der Waals surface area contributed by atoms with Crippen LogP contribution in [0, 0.1) is 5.92 Å². The first-order valence-electron chi connectivity index (χ1n) is 7.76. The van der Waals surface area contributed by atoms with Gasteiger partial charge in [0.15, 0.2) is 0 Å². The molecule has 0 atom stereocenters. The quantitative estimate of drug-likeness (QED) is 0.811. The van der Waals surface area contributed by atoms with Crippen LogP contribution >= 0.6 is 11.8 Å². The Bertz CT molecular complexity index is 431. The van der Waals surface area contributed by atoms with Crippen LogP contribution < -0.4 is 14.8 Å². The molecule has 1 fully saturated rings. The van der Waals surface area contributed by atoms with Gasteiger partial charge in [-0.05, 0) is 50.4 Å². The van der Waals surface area contributed by atoms with E-state index in [-0.39, 0.29) is 0 Å². The van der Waals surface area contributed by atoms with E-state index < -0.39 is 0 Å². The topological polar surface area (TPSA) is 30.5 Å². The minimum absolute atomic E-state index is 0.551. The molecule has 0 bridgehead atoms. The summed E-state index contributed by atoms with van der Waals surface area (Å²) in [6.07, 6.45) is 3.50. The molecule has 1 aliphatic heterocycles. The van der Waals surface area contributed by atoms with Gasteiger partial charge in [0, 0.05) is 15.7 Å². The third-order valence-electron chi connectivity index (χ3n) is 3.90. The van der Waals surface area contributed by atoms with Crippen molar-refractivity contribution in [3.05, 3.63) is 17.7 Å². The van der Waals surface area contributed by atoms with Crippen LogP contribution in [0.1, 0.15) is 32.3 Å². The maximum Gasteiger partial charge on any atom is 0.126 e. The van der Waals surface area contributed by atoms with Crippen molar-refractivity contribution >= 4 is 11.8 Å². The molecule has 0 aromatic heterocycles. The van der Waals surface area contributed by atoms with Crippen molar-refractivity contribution in [1.82, 2.24) is 5.32 Å². The minimum Gasteiger partial charge on any atom is -0.496 e. The van der Waals surface area contributed by atoms with Gasteiger partial charge in [0.1, 0.15) is 11.5 Å². The first kappa shape index (κ1) is 16.5. The van der Waals surface area contributed by atoms with Gasteiger partial charge in [0.05, 0.1) is 14.2 Å². The number of hydrogen-bond acceptors (Lipinski definition) is 4. The van der Waals surface area contributed by atoms with E-state index in [0.717, 1.165) is 36.9 Å². The molecule has 1 saturated heterocycles. The highest BCUT2D eigenvalue weighted by molar-refractivity contribution is 7.99. The van der Waals surface area contributed by atoms with E-state index >= 15 is 0 Å². The number of thioether (sulfide) groups is 1. The molecule has 2 rings (SSSR count). The lowest BCUT2D eigenvalue weighted by Gasteiger charge is -2.24. The number of hydrogen-bond donors (Lipinski definition) is 1. The number of rotatable bonds is 6. The van der Waals surface area contributed by atoms with Crippen molar-refractivity contribution in [2.24, 2.45) is 5.92 Å². The van der Waals surface area contributed by atoms with Crippen LogP contribution in [0.5, 0.6) is 11.5 Å². The third kappa shape index (κ3) is 4.55. The molecular weight excluding hydrogens is 282 g/mol. The summed E-state index contributed by atoms with van der Waals surface area (Å²) in [5.74, 6) is 2.66. The Morgan fingerprint density at radius 1 is 1.14 bits per heavy atom. The molecule has 0 spiro atoms. The number of ether oxygens (including phenoxy) is 2. The van der Waals surface area contributed by atoms with Crippen LogP contribution in [0.2, 0.25) is 0 Å². The van der Waals surface area contributed by atoms with E-state index in [4.69, 9.17) is 9.47 Å². The predicted octanol–water partition coefficient (Wildman–Crippen LogP) is 3.75. The van der Waals surface area contributed by atoms with Crippen molar-refractivity contribution in [2.75, 3.05) is 27.3 Å². The minimum atomic E-state index is 0.551. The van der Waals surface area contributed by atoms with Gasteiger partial charge in [-0.2, -0.15) is 0 Å². The first-order valence-corrected chi connectivity index (χ1v) is 8.64. The fraction of sp³-hybridized carbons (Fsp3) is 0.647. The van der Waals surface area contributed by atoms with E-state index in [2.05, 4.69) is 31.3 Å². The molecule has 21 heavy (non-hydrogen) atoms. The average Bonchev–Trinajstić information content (AvgIpc) is 2.48. The van der Waals surface area contributed by atoms with Crippen LogP contribution in [-0.2, 0) is 6.42 Å². The zero-order chi connectivity index (χ0) is 15.2. The fourth-order valence-corrected chi connectivity index (χ4v) is 3.77. The van der Waals surface area contributed by atoms with Crippen molar-refractivity contribution in [3.63, 3.8) is 0 Å². The Morgan fingerprint density at radius 3 is 2.19 bits per heavy atom. The molecule has 1 heterocycles. The van der Waals surface area contributed by atoms with Gasteiger partial charge in [0.2, 0.25) is 0 Å².